The second kappa shape index (κ2) is 9.68. The first kappa shape index (κ1) is 24.7. The summed E-state index contributed by atoms with van der Waals surface area (Å²) in [6, 6.07) is 14.2. The lowest BCUT2D eigenvalue weighted by Gasteiger charge is -2.38. The van der Waals surface area contributed by atoms with Crippen LogP contribution in [0.4, 0.5) is 0 Å². The van der Waals surface area contributed by atoms with Crippen LogP contribution in [-0.2, 0) is 9.59 Å². The first-order chi connectivity index (χ1) is 16.6. The number of amides is 2. The largest absolute Gasteiger partial charge is 0.481 e. The topological polar surface area (TPSA) is 62.7 Å². The predicted octanol–water partition coefficient (Wildman–Crippen LogP) is 5.00. The predicted molar refractivity (Wildman–Crippen MR) is 139 cm³/mol. The van der Waals surface area contributed by atoms with Gasteiger partial charge in [-0.25, -0.2) is 0 Å². The molecular weight excluding hydrogens is 438 g/mol. The Hall–Kier alpha value is -3.41. The highest BCUT2D eigenvalue weighted by molar-refractivity contribution is 5.96. The molecule has 0 aliphatic carbocycles. The Morgan fingerprint density at radius 3 is 2.20 bits per heavy atom. The number of benzene rings is 2. The van der Waals surface area contributed by atoms with E-state index in [1.165, 1.54) is 16.7 Å². The molecule has 2 amide bonds. The van der Waals surface area contributed by atoms with Crippen LogP contribution in [0, 0.1) is 19.3 Å². The molecular formula is C29H35N3O3. The van der Waals surface area contributed by atoms with E-state index < -0.39 is 11.5 Å². The minimum Gasteiger partial charge on any atom is -0.481 e. The summed E-state index contributed by atoms with van der Waals surface area (Å²) >= 11 is 0. The molecule has 0 spiro atoms. The van der Waals surface area contributed by atoms with Gasteiger partial charge in [-0.3, -0.25) is 14.6 Å². The third kappa shape index (κ3) is 5.16. The summed E-state index contributed by atoms with van der Waals surface area (Å²) in [5.41, 5.74) is 5.23. The second-order valence-electron chi connectivity index (χ2n) is 10.4. The van der Waals surface area contributed by atoms with Crippen LogP contribution in [0.2, 0.25) is 0 Å². The summed E-state index contributed by atoms with van der Waals surface area (Å²) in [4.78, 5) is 33.8. The number of aryl methyl sites for hydroxylation is 2. The lowest BCUT2D eigenvalue weighted by Crippen LogP contribution is -2.55. The molecule has 0 N–H and O–H groups in total. The fourth-order valence-electron chi connectivity index (χ4n) is 4.77. The van der Waals surface area contributed by atoms with E-state index in [0.717, 1.165) is 16.5 Å². The summed E-state index contributed by atoms with van der Waals surface area (Å²) in [6.07, 6.45) is 1.19. The van der Waals surface area contributed by atoms with Gasteiger partial charge >= 0.3 is 0 Å². The maximum Gasteiger partial charge on any atom is 0.263 e. The number of piperazine rings is 1. The van der Waals surface area contributed by atoms with Gasteiger partial charge in [-0.15, -0.1) is 0 Å². The lowest BCUT2D eigenvalue weighted by atomic mass is 9.93. The Balaban J connectivity index is 1.46. The van der Waals surface area contributed by atoms with Crippen LogP contribution < -0.4 is 4.74 Å². The lowest BCUT2D eigenvalue weighted by molar-refractivity contribution is -0.147. The first-order valence-corrected chi connectivity index (χ1v) is 12.3. The molecule has 1 aliphatic rings. The number of hydrogen-bond acceptors (Lipinski definition) is 4. The van der Waals surface area contributed by atoms with Gasteiger partial charge in [0.2, 0.25) is 5.91 Å². The van der Waals surface area contributed by atoms with Gasteiger partial charge in [0.15, 0.2) is 6.10 Å². The molecule has 184 valence electrons. The van der Waals surface area contributed by atoms with Crippen molar-refractivity contribution in [2.45, 2.75) is 47.6 Å². The quantitative estimate of drug-likeness (QED) is 0.535. The van der Waals surface area contributed by atoms with E-state index in [4.69, 9.17) is 4.74 Å². The molecule has 4 rings (SSSR count). The molecule has 1 aliphatic heterocycles. The van der Waals surface area contributed by atoms with Gasteiger partial charge in [-0.2, -0.15) is 0 Å². The number of ether oxygens (including phenoxy) is 1. The van der Waals surface area contributed by atoms with Crippen molar-refractivity contribution in [1.29, 1.82) is 0 Å². The second-order valence-corrected chi connectivity index (χ2v) is 10.4. The van der Waals surface area contributed by atoms with Crippen molar-refractivity contribution in [3.05, 3.63) is 59.8 Å². The minimum atomic E-state index is -0.626. The number of nitrogens with zero attached hydrogens (tertiary/aromatic N) is 3. The molecule has 1 aromatic heterocycles. The van der Waals surface area contributed by atoms with Gasteiger partial charge in [-0.05, 0) is 61.2 Å². The summed E-state index contributed by atoms with van der Waals surface area (Å²) in [5, 5.41) is 1.05. The number of hydrogen-bond donors (Lipinski definition) is 0. The molecule has 0 unspecified atom stereocenters. The average Bonchev–Trinajstić information content (AvgIpc) is 2.82. The standard InChI is InChI=1S/C29H35N3O3/c1-19-8-7-9-20(2)26(19)24-12-13-30-25-18-22(10-11-23(24)25)35-21(3)27(33)31-14-16-32(17-15-31)28(34)29(4,5)6/h7-13,18,21H,14-17H2,1-6H3/t21-/m1/s1. The van der Waals surface area contributed by atoms with Crippen molar-refractivity contribution in [3.63, 3.8) is 0 Å². The van der Waals surface area contributed by atoms with Crippen LogP contribution in [0.1, 0.15) is 38.8 Å². The van der Waals surface area contributed by atoms with Crippen molar-refractivity contribution < 1.29 is 14.3 Å². The highest BCUT2D eigenvalue weighted by Gasteiger charge is 2.32. The molecule has 2 aromatic carbocycles. The van der Waals surface area contributed by atoms with Crippen molar-refractivity contribution in [2.75, 3.05) is 26.2 Å². The zero-order valence-electron chi connectivity index (χ0n) is 21.6. The molecule has 0 bridgehead atoms. The smallest absolute Gasteiger partial charge is 0.263 e. The summed E-state index contributed by atoms with van der Waals surface area (Å²) < 4.78 is 6.05. The molecule has 6 nitrogen and oxygen atoms in total. The van der Waals surface area contributed by atoms with E-state index in [9.17, 15) is 9.59 Å². The van der Waals surface area contributed by atoms with Crippen molar-refractivity contribution >= 4 is 22.7 Å². The van der Waals surface area contributed by atoms with Gasteiger partial charge in [0.05, 0.1) is 5.52 Å². The van der Waals surface area contributed by atoms with Crippen molar-refractivity contribution in [1.82, 2.24) is 14.8 Å². The number of fused-ring (bicyclic) bond motifs is 1. The Labute approximate surface area is 207 Å². The van der Waals surface area contributed by atoms with Crippen LogP contribution in [0.15, 0.2) is 48.7 Å². The molecule has 0 radical (unpaired) electrons. The zero-order valence-corrected chi connectivity index (χ0v) is 21.6. The average molecular weight is 474 g/mol. The van der Waals surface area contributed by atoms with Crippen LogP contribution in [-0.4, -0.2) is 58.9 Å². The molecule has 0 saturated carbocycles. The summed E-state index contributed by atoms with van der Waals surface area (Å²) in [7, 11) is 0. The first-order valence-electron chi connectivity index (χ1n) is 12.3. The maximum absolute atomic E-state index is 13.0. The van der Waals surface area contributed by atoms with Crippen molar-refractivity contribution in [3.8, 4) is 16.9 Å². The number of carbonyl (C=O) groups excluding carboxylic acids is 2. The van der Waals surface area contributed by atoms with Crippen LogP contribution in [0.5, 0.6) is 5.75 Å². The fraction of sp³-hybridized carbons (Fsp3) is 0.414. The maximum atomic E-state index is 13.0. The van der Waals surface area contributed by atoms with Gasteiger partial charge < -0.3 is 14.5 Å². The molecule has 2 heterocycles. The van der Waals surface area contributed by atoms with Gasteiger partial charge in [0.25, 0.3) is 5.91 Å². The third-order valence-electron chi connectivity index (χ3n) is 6.65. The van der Waals surface area contributed by atoms with E-state index in [2.05, 4.69) is 37.0 Å². The zero-order chi connectivity index (χ0) is 25.3. The number of aromatic nitrogens is 1. The van der Waals surface area contributed by atoms with Crippen molar-refractivity contribution in [2.24, 2.45) is 5.41 Å². The Bertz CT molecular complexity index is 1230. The Morgan fingerprint density at radius 2 is 1.57 bits per heavy atom. The van der Waals surface area contributed by atoms with E-state index in [1.54, 1.807) is 11.8 Å². The monoisotopic (exact) mass is 473 g/mol. The van der Waals surface area contributed by atoms with E-state index >= 15 is 0 Å². The molecule has 1 fully saturated rings. The minimum absolute atomic E-state index is 0.0646. The van der Waals surface area contributed by atoms with Crippen LogP contribution in [0.25, 0.3) is 22.0 Å². The van der Waals surface area contributed by atoms with Gasteiger partial charge in [0.1, 0.15) is 5.75 Å². The summed E-state index contributed by atoms with van der Waals surface area (Å²) in [6.45, 7) is 13.9. The highest BCUT2D eigenvalue weighted by Crippen LogP contribution is 2.34. The number of rotatable bonds is 4. The SMILES string of the molecule is Cc1cccc(C)c1-c1ccnc2cc(O[C@H](C)C(=O)N3CCN(C(=O)C(C)(C)C)CC3)ccc12. The van der Waals surface area contributed by atoms with Crippen LogP contribution in [0.3, 0.4) is 0 Å². The molecule has 1 saturated heterocycles. The Kier molecular flexibility index (Phi) is 6.84. The Morgan fingerprint density at radius 1 is 0.943 bits per heavy atom. The summed E-state index contributed by atoms with van der Waals surface area (Å²) in [5.74, 6) is 0.675. The highest BCUT2D eigenvalue weighted by atomic mass is 16.5. The molecule has 1 atom stereocenters. The van der Waals surface area contributed by atoms with Crippen LogP contribution >= 0.6 is 0 Å². The normalized spacial score (nSPS) is 15.3. The third-order valence-corrected chi connectivity index (χ3v) is 6.65. The van der Waals surface area contributed by atoms with E-state index in [1.807, 2.05) is 56.1 Å². The molecule has 6 heteroatoms. The van der Waals surface area contributed by atoms with Gasteiger partial charge in [0, 0.05) is 49.2 Å². The molecule has 3 aromatic rings. The number of pyridine rings is 1. The van der Waals surface area contributed by atoms with E-state index in [-0.39, 0.29) is 11.8 Å². The van der Waals surface area contributed by atoms with Gasteiger partial charge in [-0.1, -0.05) is 39.0 Å². The van der Waals surface area contributed by atoms with E-state index in [0.29, 0.717) is 31.9 Å². The fourth-order valence-corrected chi connectivity index (χ4v) is 4.77. The number of carbonyl (C=O) groups is 2. The molecule has 35 heavy (non-hydrogen) atoms.